The minimum atomic E-state index is -2.65. The van der Waals surface area contributed by atoms with Crippen molar-refractivity contribution in [3.63, 3.8) is 0 Å². The van der Waals surface area contributed by atoms with Gasteiger partial charge < -0.3 is 0 Å². The van der Waals surface area contributed by atoms with Gasteiger partial charge in [0, 0.05) is 30.3 Å². The van der Waals surface area contributed by atoms with Crippen LogP contribution in [0.15, 0.2) is 36.4 Å². The van der Waals surface area contributed by atoms with Crippen LogP contribution in [-0.4, -0.2) is 46.4 Å². The summed E-state index contributed by atoms with van der Waals surface area (Å²) < 4.78 is 54.1. The summed E-state index contributed by atoms with van der Waals surface area (Å²) in [6.45, 7) is 0.480. The van der Waals surface area contributed by atoms with E-state index in [0.29, 0.717) is 36.0 Å². The maximum atomic E-state index is 14.1. The molecule has 3 aromatic rings. The number of aromatic amines is 1. The molecule has 29 heavy (non-hydrogen) atoms. The van der Waals surface area contributed by atoms with Gasteiger partial charge in [0.15, 0.2) is 17.4 Å². The fourth-order valence-corrected chi connectivity index (χ4v) is 3.70. The normalized spacial score (nSPS) is 16.6. The average molecular weight is 405 g/mol. The molecular formula is C21H19F4N3O. The minimum absolute atomic E-state index is 0.0986. The first-order valence-electron chi connectivity index (χ1n) is 9.40. The molecule has 1 saturated heterocycles. The highest BCUT2D eigenvalue weighted by Crippen LogP contribution is 2.29. The number of nitrogens with zero attached hydrogens (tertiary/aromatic N) is 2. The summed E-state index contributed by atoms with van der Waals surface area (Å²) in [5.74, 6) is -4.77. The molecule has 0 amide bonds. The molecule has 1 N–H and O–H groups in total. The summed E-state index contributed by atoms with van der Waals surface area (Å²) in [4.78, 5) is 14.3. The molecule has 8 heteroatoms. The molecule has 0 bridgehead atoms. The van der Waals surface area contributed by atoms with Crippen LogP contribution < -0.4 is 0 Å². The van der Waals surface area contributed by atoms with Gasteiger partial charge in [0.1, 0.15) is 5.69 Å². The van der Waals surface area contributed by atoms with Gasteiger partial charge in [-0.15, -0.1) is 0 Å². The molecule has 0 radical (unpaired) electrons. The van der Waals surface area contributed by atoms with Crippen molar-refractivity contribution in [2.45, 2.75) is 25.2 Å². The van der Waals surface area contributed by atoms with Gasteiger partial charge in [0.25, 0.3) is 5.92 Å². The number of carbonyl (C=O) groups is 1. The molecule has 4 nitrogen and oxygen atoms in total. The third-order valence-corrected chi connectivity index (χ3v) is 5.22. The van der Waals surface area contributed by atoms with E-state index < -0.39 is 17.6 Å². The number of fused-ring (bicyclic) bond motifs is 1. The van der Waals surface area contributed by atoms with Gasteiger partial charge >= 0.3 is 0 Å². The predicted molar refractivity (Wildman–Crippen MR) is 101 cm³/mol. The van der Waals surface area contributed by atoms with Crippen LogP contribution in [0.4, 0.5) is 17.6 Å². The maximum Gasteiger partial charge on any atom is 0.261 e. The molecule has 0 atom stereocenters. The molecular weight excluding hydrogens is 386 g/mol. The SMILES string of the molecule is O=C(CCCN1CCC(F)(F)C1)c1n[nH]c2ccc(-c3cccc(F)c3F)cc12. The number of carbonyl (C=O) groups excluding carboxylic acids is 1. The van der Waals surface area contributed by atoms with Gasteiger partial charge in [-0.05, 0) is 36.7 Å². The molecule has 1 aromatic heterocycles. The first-order valence-corrected chi connectivity index (χ1v) is 9.40. The highest BCUT2D eigenvalue weighted by Gasteiger charge is 2.37. The van der Waals surface area contributed by atoms with Crippen molar-refractivity contribution >= 4 is 16.7 Å². The van der Waals surface area contributed by atoms with Crippen LogP contribution in [0.1, 0.15) is 29.8 Å². The zero-order valence-electron chi connectivity index (χ0n) is 15.5. The standard InChI is InChI=1S/C21H19F4N3O/c22-16-4-1-3-14(19(16)23)13-6-7-17-15(11-13)20(27-26-17)18(29)5-2-9-28-10-8-21(24,25)12-28/h1,3-4,6-7,11H,2,5,8-10,12H2,(H,26,27). The highest BCUT2D eigenvalue weighted by atomic mass is 19.3. The van der Waals surface area contributed by atoms with E-state index in [2.05, 4.69) is 10.2 Å². The average Bonchev–Trinajstić information content (AvgIpc) is 3.26. The zero-order valence-corrected chi connectivity index (χ0v) is 15.5. The molecule has 4 rings (SSSR count). The van der Waals surface area contributed by atoms with Crippen molar-refractivity contribution in [2.24, 2.45) is 0 Å². The van der Waals surface area contributed by atoms with Gasteiger partial charge in [0.05, 0.1) is 12.1 Å². The topological polar surface area (TPSA) is 49.0 Å². The largest absolute Gasteiger partial charge is 0.297 e. The van der Waals surface area contributed by atoms with Crippen LogP contribution in [-0.2, 0) is 0 Å². The van der Waals surface area contributed by atoms with Gasteiger partial charge in [-0.1, -0.05) is 18.2 Å². The number of ketones is 1. The van der Waals surface area contributed by atoms with Crippen LogP contribution >= 0.6 is 0 Å². The molecule has 2 aromatic carbocycles. The van der Waals surface area contributed by atoms with E-state index in [-0.39, 0.29) is 36.4 Å². The van der Waals surface area contributed by atoms with Gasteiger partial charge in [-0.25, -0.2) is 17.6 Å². The summed E-state index contributed by atoms with van der Waals surface area (Å²) in [6, 6.07) is 8.81. The molecule has 0 aliphatic carbocycles. The highest BCUT2D eigenvalue weighted by molar-refractivity contribution is 6.06. The Morgan fingerprint density at radius 2 is 2.03 bits per heavy atom. The molecule has 1 aliphatic heterocycles. The van der Waals surface area contributed by atoms with Gasteiger partial charge in [-0.3, -0.25) is 14.8 Å². The molecule has 0 unspecified atom stereocenters. The number of halogens is 4. The van der Waals surface area contributed by atoms with Crippen molar-refractivity contribution in [3.05, 3.63) is 53.7 Å². The van der Waals surface area contributed by atoms with E-state index in [1.165, 1.54) is 12.1 Å². The van der Waals surface area contributed by atoms with Crippen molar-refractivity contribution in [3.8, 4) is 11.1 Å². The number of benzene rings is 2. The van der Waals surface area contributed by atoms with Crippen LogP contribution in [0.5, 0.6) is 0 Å². The summed E-state index contributed by atoms with van der Waals surface area (Å²) in [7, 11) is 0. The van der Waals surface area contributed by atoms with Crippen LogP contribution in [0.25, 0.3) is 22.0 Å². The number of alkyl halides is 2. The smallest absolute Gasteiger partial charge is 0.261 e. The minimum Gasteiger partial charge on any atom is -0.297 e. The number of hydrogen-bond donors (Lipinski definition) is 1. The molecule has 1 fully saturated rings. The second-order valence-electron chi connectivity index (χ2n) is 7.34. The van der Waals surface area contributed by atoms with Crippen LogP contribution in [0.2, 0.25) is 0 Å². The fraction of sp³-hybridized carbons (Fsp3) is 0.333. The van der Waals surface area contributed by atoms with E-state index >= 15 is 0 Å². The Bertz CT molecular complexity index is 1060. The van der Waals surface area contributed by atoms with Gasteiger partial charge in [-0.2, -0.15) is 5.10 Å². The van der Waals surface area contributed by atoms with Crippen molar-refractivity contribution in [1.82, 2.24) is 15.1 Å². The van der Waals surface area contributed by atoms with E-state index in [9.17, 15) is 22.4 Å². The maximum absolute atomic E-state index is 14.1. The van der Waals surface area contributed by atoms with E-state index in [0.717, 1.165) is 6.07 Å². The van der Waals surface area contributed by atoms with Crippen molar-refractivity contribution in [1.29, 1.82) is 0 Å². The number of aromatic nitrogens is 2. The Balaban J connectivity index is 1.50. The Morgan fingerprint density at radius 3 is 2.79 bits per heavy atom. The molecule has 0 saturated carbocycles. The number of likely N-dealkylation sites (tertiary alicyclic amines) is 1. The van der Waals surface area contributed by atoms with E-state index in [4.69, 9.17) is 0 Å². The summed E-state index contributed by atoms with van der Waals surface area (Å²) in [5.41, 5.74) is 1.35. The number of hydrogen-bond acceptors (Lipinski definition) is 3. The first kappa shape index (κ1) is 19.6. The van der Waals surface area contributed by atoms with Crippen molar-refractivity contribution < 1.29 is 22.4 Å². The lowest BCUT2D eigenvalue weighted by Gasteiger charge is -2.14. The lowest BCUT2D eigenvalue weighted by molar-refractivity contribution is 0.0122. The number of H-pyrrole nitrogens is 1. The molecule has 0 spiro atoms. The van der Waals surface area contributed by atoms with E-state index in [1.807, 2.05) is 0 Å². The lowest BCUT2D eigenvalue weighted by atomic mass is 10.0. The summed E-state index contributed by atoms with van der Waals surface area (Å²) >= 11 is 0. The summed E-state index contributed by atoms with van der Waals surface area (Å²) in [5, 5.41) is 7.35. The summed E-state index contributed by atoms with van der Waals surface area (Å²) in [6.07, 6.45) is 0.465. The third kappa shape index (κ3) is 4.03. The first-order chi connectivity index (χ1) is 13.8. The lowest BCUT2D eigenvalue weighted by Crippen LogP contribution is -2.26. The Labute approximate surface area is 164 Å². The number of nitrogens with one attached hydrogen (secondary N) is 1. The molecule has 2 heterocycles. The monoisotopic (exact) mass is 405 g/mol. The Hall–Kier alpha value is -2.74. The molecule has 152 valence electrons. The second kappa shape index (κ2) is 7.59. The van der Waals surface area contributed by atoms with Crippen LogP contribution in [0.3, 0.4) is 0 Å². The molecule has 1 aliphatic rings. The zero-order chi connectivity index (χ0) is 20.6. The van der Waals surface area contributed by atoms with E-state index in [1.54, 1.807) is 23.1 Å². The second-order valence-corrected chi connectivity index (χ2v) is 7.34. The number of Topliss-reactive ketones (excluding diaryl/α,β-unsaturated/α-hetero) is 1. The number of rotatable bonds is 6. The fourth-order valence-electron chi connectivity index (χ4n) is 3.70. The Morgan fingerprint density at radius 1 is 1.21 bits per heavy atom. The Kier molecular flexibility index (Phi) is 5.12. The quantitative estimate of drug-likeness (QED) is 0.473. The van der Waals surface area contributed by atoms with Crippen molar-refractivity contribution in [2.75, 3.05) is 19.6 Å². The predicted octanol–water partition coefficient (Wildman–Crippen LogP) is 4.81. The van der Waals surface area contributed by atoms with Crippen LogP contribution in [0, 0.1) is 11.6 Å². The van der Waals surface area contributed by atoms with Gasteiger partial charge in [0.2, 0.25) is 0 Å². The third-order valence-electron chi connectivity index (χ3n) is 5.22.